The van der Waals surface area contributed by atoms with Gasteiger partial charge in [0.15, 0.2) is 0 Å². The molecular weight excluding hydrogens is 162 g/mol. The predicted octanol–water partition coefficient (Wildman–Crippen LogP) is 2.99. The summed E-state index contributed by atoms with van der Waals surface area (Å²) in [7, 11) is 0. The predicted molar refractivity (Wildman–Crippen MR) is 48.0 cm³/mol. The first-order valence-electron chi connectivity index (χ1n) is 3.24. The van der Waals surface area contributed by atoms with Gasteiger partial charge < -0.3 is 0 Å². The summed E-state index contributed by atoms with van der Waals surface area (Å²) in [5.41, 5.74) is 1.22. The Morgan fingerprint density at radius 2 is 2.30 bits per heavy atom. The van der Waals surface area contributed by atoms with E-state index >= 15 is 0 Å². The Balaban J connectivity index is 2.78. The first-order chi connectivity index (χ1) is 4.74. The molecule has 0 spiro atoms. The molecule has 1 nitrogen and oxygen atoms in total. The molecule has 0 atom stereocenters. The van der Waals surface area contributed by atoms with Gasteiger partial charge in [-0.25, -0.2) is 0 Å². The standard InChI is InChI=1S/C7H11NS2/c1-5(2)6-4-7(9-3)10-8-6/h4-5H,1-3H3. The fourth-order valence-electron chi connectivity index (χ4n) is 0.639. The summed E-state index contributed by atoms with van der Waals surface area (Å²) >= 11 is 3.35. The molecule has 0 amide bonds. The molecule has 1 aromatic rings. The van der Waals surface area contributed by atoms with Gasteiger partial charge in [0.1, 0.15) is 0 Å². The van der Waals surface area contributed by atoms with E-state index in [2.05, 4.69) is 30.5 Å². The smallest absolute Gasteiger partial charge is 0.0806 e. The van der Waals surface area contributed by atoms with Crippen molar-refractivity contribution in [1.82, 2.24) is 4.37 Å². The number of thioether (sulfide) groups is 1. The first kappa shape index (κ1) is 8.08. The van der Waals surface area contributed by atoms with E-state index in [1.54, 1.807) is 23.3 Å². The zero-order valence-corrected chi connectivity index (χ0v) is 8.05. The number of aromatic nitrogens is 1. The van der Waals surface area contributed by atoms with E-state index in [9.17, 15) is 0 Å². The molecule has 1 rings (SSSR count). The lowest BCUT2D eigenvalue weighted by molar-refractivity contribution is 0.839. The number of hydrogen-bond donors (Lipinski definition) is 0. The first-order valence-corrected chi connectivity index (χ1v) is 5.24. The number of hydrogen-bond acceptors (Lipinski definition) is 3. The zero-order chi connectivity index (χ0) is 7.56. The van der Waals surface area contributed by atoms with Crippen molar-refractivity contribution >= 4 is 23.3 Å². The summed E-state index contributed by atoms with van der Waals surface area (Å²) < 4.78 is 5.62. The van der Waals surface area contributed by atoms with Crippen molar-refractivity contribution in [2.45, 2.75) is 24.0 Å². The van der Waals surface area contributed by atoms with Crippen LogP contribution in [0.25, 0.3) is 0 Å². The van der Waals surface area contributed by atoms with Gasteiger partial charge in [-0.1, -0.05) is 13.8 Å². The van der Waals surface area contributed by atoms with Crippen LogP contribution in [-0.2, 0) is 0 Å². The SMILES string of the molecule is CSc1cc(C(C)C)ns1. The molecule has 10 heavy (non-hydrogen) atoms. The highest BCUT2D eigenvalue weighted by Crippen LogP contribution is 2.24. The van der Waals surface area contributed by atoms with Gasteiger partial charge in [-0.15, -0.1) is 11.8 Å². The third-order valence-electron chi connectivity index (χ3n) is 1.30. The third-order valence-corrected chi connectivity index (χ3v) is 3.14. The van der Waals surface area contributed by atoms with E-state index in [0.29, 0.717) is 5.92 Å². The minimum Gasteiger partial charge on any atom is -0.196 e. The minimum absolute atomic E-state index is 0.567. The van der Waals surface area contributed by atoms with Crippen molar-refractivity contribution in [2.24, 2.45) is 0 Å². The van der Waals surface area contributed by atoms with Crippen LogP contribution in [0.2, 0.25) is 0 Å². The van der Waals surface area contributed by atoms with Gasteiger partial charge in [-0.2, -0.15) is 4.37 Å². The van der Waals surface area contributed by atoms with Gasteiger partial charge in [-0.05, 0) is 29.8 Å². The van der Waals surface area contributed by atoms with Crippen molar-refractivity contribution in [3.8, 4) is 0 Å². The summed E-state index contributed by atoms with van der Waals surface area (Å²) in [5, 5.41) is 0. The second-order valence-corrected chi connectivity index (χ2v) is 4.34. The highest BCUT2D eigenvalue weighted by atomic mass is 32.2. The Labute approximate surface area is 70.0 Å². The summed E-state index contributed by atoms with van der Waals surface area (Å²) in [4.78, 5) is 0. The molecular formula is C7H11NS2. The molecule has 0 fully saturated rings. The summed E-state index contributed by atoms with van der Waals surface area (Å²) in [6, 6.07) is 2.17. The molecule has 0 unspecified atom stereocenters. The highest BCUT2D eigenvalue weighted by molar-refractivity contribution is 8.00. The lowest BCUT2D eigenvalue weighted by atomic mass is 10.1. The van der Waals surface area contributed by atoms with Crippen molar-refractivity contribution in [2.75, 3.05) is 6.26 Å². The molecule has 0 saturated heterocycles. The Morgan fingerprint density at radius 1 is 1.60 bits per heavy atom. The molecule has 0 aliphatic heterocycles. The molecule has 0 N–H and O–H groups in total. The fourth-order valence-corrected chi connectivity index (χ4v) is 1.92. The van der Waals surface area contributed by atoms with E-state index in [-0.39, 0.29) is 0 Å². The van der Waals surface area contributed by atoms with E-state index in [1.165, 1.54) is 9.90 Å². The number of nitrogens with zero attached hydrogens (tertiary/aromatic N) is 1. The fraction of sp³-hybridized carbons (Fsp3) is 0.571. The van der Waals surface area contributed by atoms with E-state index in [1.807, 2.05) is 0 Å². The molecule has 0 bridgehead atoms. The molecule has 0 aromatic carbocycles. The molecule has 0 aliphatic rings. The van der Waals surface area contributed by atoms with Crippen LogP contribution < -0.4 is 0 Å². The minimum atomic E-state index is 0.567. The van der Waals surface area contributed by atoms with Crippen molar-refractivity contribution < 1.29 is 0 Å². The third kappa shape index (κ3) is 1.73. The lowest BCUT2D eigenvalue weighted by Crippen LogP contribution is -1.83. The van der Waals surface area contributed by atoms with Crippen LogP contribution in [0.3, 0.4) is 0 Å². The second-order valence-electron chi connectivity index (χ2n) is 2.43. The normalized spacial score (nSPS) is 10.8. The molecule has 0 aliphatic carbocycles. The zero-order valence-electron chi connectivity index (χ0n) is 6.42. The second kappa shape index (κ2) is 3.39. The molecule has 1 heterocycles. The molecule has 3 heteroatoms. The van der Waals surface area contributed by atoms with Crippen LogP contribution in [0.5, 0.6) is 0 Å². The largest absolute Gasteiger partial charge is 0.196 e. The quantitative estimate of drug-likeness (QED) is 0.638. The number of rotatable bonds is 2. The maximum absolute atomic E-state index is 4.31. The van der Waals surface area contributed by atoms with Gasteiger partial charge in [0.05, 0.1) is 9.90 Å². The van der Waals surface area contributed by atoms with Crippen LogP contribution >= 0.6 is 23.3 Å². The van der Waals surface area contributed by atoms with E-state index in [4.69, 9.17) is 0 Å². The molecule has 1 aromatic heterocycles. The van der Waals surface area contributed by atoms with Crippen molar-refractivity contribution in [3.63, 3.8) is 0 Å². The molecule has 0 radical (unpaired) electrons. The maximum atomic E-state index is 4.31. The van der Waals surface area contributed by atoms with Gasteiger partial charge in [0.2, 0.25) is 0 Å². The van der Waals surface area contributed by atoms with E-state index < -0.39 is 0 Å². The average Bonchev–Trinajstić information content (AvgIpc) is 2.34. The highest BCUT2D eigenvalue weighted by Gasteiger charge is 2.03. The Hall–Kier alpha value is -0.0200. The lowest BCUT2D eigenvalue weighted by Gasteiger charge is -1.94. The molecule has 56 valence electrons. The average molecular weight is 173 g/mol. The monoisotopic (exact) mass is 173 g/mol. The van der Waals surface area contributed by atoms with E-state index in [0.717, 1.165) is 0 Å². The van der Waals surface area contributed by atoms with Crippen molar-refractivity contribution in [1.29, 1.82) is 0 Å². The van der Waals surface area contributed by atoms with Gasteiger partial charge >= 0.3 is 0 Å². The van der Waals surface area contributed by atoms with Crippen LogP contribution in [0.1, 0.15) is 25.5 Å². The van der Waals surface area contributed by atoms with Crippen LogP contribution in [0.4, 0.5) is 0 Å². The maximum Gasteiger partial charge on any atom is 0.0806 e. The Morgan fingerprint density at radius 3 is 2.60 bits per heavy atom. The Bertz CT molecular complexity index is 205. The van der Waals surface area contributed by atoms with Gasteiger partial charge in [0.25, 0.3) is 0 Å². The van der Waals surface area contributed by atoms with Crippen LogP contribution in [0, 0.1) is 0 Å². The summed E-state index contributed by atoms with van der Waals surface area (Å²) in [6.45, 7) is 4.33. The summed E-state index contributed by atoms with van der Waals surface area (Å²) in [5.74, 6) is 0.567. The Kier molecular flexibility index (Phi) is 2.74. The molecule has 0 saturated carbocycles. The van der Waals surface area contributed by atoms with Gasteiger partial charge in [-0.3, -0.25) is 0 Å². The van der Waals surface area contributed by atoms with Crippen LogP contribution in [-0.4, -0.2) is 10.6 Å². The topological polar surface area (TPSA) is 12.9 Å². The van der Waals surface area contributed by atoms with Crippen molar-refractivity contribution in [3.05, 3.63) is 11.8 Å². The van der Waals surface area contributed by atoms with Crippen LogP contribution in [0.15, 0.2) is 10.3 Å². The summed E-state index contributed by atoms with van der Waals surface area (Å²) in [6.07, 6.45) is 2.08. The van der Waals surface area contributed by atoms with Gasteiger partial charge in [0, 0.05) is 0 Å².